The third kappa shape index (κ3) is 5.85. The highest BCUT2D eigenvalue weighted by Gasteiger charge is 2.55. The van der Waals surface area contributed by atoms with E-state index in [1.54, 1.807) is 12.1 Å². The molecule has 40 heavy (non-hydrogen) atoms. The van der Waals surface area contributed by atoms with Crippen molar-refractivity contribution < 1.29 is 29.8 Å². The van der Waals surface area contributed by atoms with Crippen LogP contribution in [0, 0.1) is 27.9 Å². The first-order valence-corrected chi connectivity index (χ1v) is 13.8. The summed E-state index contributed by atoms with van der Waals surface area (Å²) >= 11 is 0. The van der Waals surface area contributed by atoms with E-state index < -0.39 is 47.2 Å². The molecule has 1 heterocycles. The Kier molecular flexibility index (Phi) is 9.17. The number of aliphatic hydroxyl groups is 2. The summed E-state index contributed by atoms with van der Waals surface area (Å²) < 4.78 is 0. The van der Waals surface area contributed by atoms with E-state index in [1.807, 2.05) is 32.1 Å². The number of phenolic OH excluding ortho intramolecular Hbond substituents is 1. The maximum atomic E-state index is 13.7. The number of imide groups is 1. The average molecular weight is 549 g/mol. The topological polar surface area (TPSA) is 141 Å². The van der Waals surface area contributed by atoms with Crippen LogP contribution in [-0.2, 0) is 9.59 Å². The number of amides is 2. The Morgan fingerprint density at radius 1 is 1.15 bits per heavy atom. The number of anilines is 1. The number of benzene rings is 2. The number of allylic oxidation sites excluding steroid dienone is 2. The second kappa shape index (κ2) is 12.6. The number of nitro groups is 1. The maximum absolute atomic E-state index is 13.7. The Morgan fingerprint density at radius 3 is 2.50 bits per heavy atom. The third-order valence-electron chi connectivity index (χ3n) is 8.05. The van der Waals surface area contributed by atoms with Crippen LogP contribution in [0.2, 0.25) is 0 Å². The second-order valence-corrected chi connectivity index (χ2v) is 10.5. The third-order valence-corrected chi connectivity index (χ3v) is 8.05. The Hall–Kier alpha value is -3.82. The summed E-state index contributed by atoms with van der Waals surface area (Å²) in [6, 6.07) is 12.3. The number of nitrogens with zero attached hydrogens (tertiary/aromatic N) is 2. The first kappa shape index (κ1) is 29.2. The Labute approximate surface area is 233 Å². The first-order chi connectivity index (χ1) is 19.2. The van der Waals surface area contributed by atoms with Crippen molar-refractivity contribution in [1.29, 1.82) is 0 Å². The Bertz CT molecular complexity index is 1330. The summed E-state index contributed by atoms with van der Waals surface area (Å²) in [4.78, 5) is 38.9. The van der Waals surface area contributed by atoms with Gasteiger partial charge in [0.1, 0.15) is 5.75 Å². The zero-order valence-corrected chi connectivity index (χ0v) is 22.8. The number of phenols is 1. The molecule has 0 aromatic heterocycles. The summed E-state index contributed by atoms with van der Waals surface area (Å²) in [5.41, 5.74) is 3.52. The van der Waals surface area contributed by atoms with Crippen LogP contribution in [0.1, 0.15) is 57.9 Å². The van der Waals surface area contributed by atoms with Gasteiger partial charge in [-0.2, -0.15) is 0 Å². The van der Waals surface area contributed by atoms with E-state index in [-0.39, 0.29) is 17.1 Å². The van der Waals surface area contributed by atoms with Gasteiger partial charge in [0.15, 0.2) is 0 Å². The summed E-state index contributed by atoms with van der Waals surface area (Å²) in [6.07, 6.45) is 4.61. The van der Waals surface area contributed by atoms with Crippen molar-refractivity contribution >= 4 is 29.3 Å². The molecular weight excluding hydrogens is 512 g/mol. The van der Waals surface area contributed by atoms with Crippen molar-refractivity contribution in [2.45, 2.75) is 58.5 Å². The van der Waals surface area contributed by atoms with Gasteiger partial charge in [-0.25, -0.2) is 4.90 Å². The van der Waals surface area contributed by atoms with Crippen LogP contribution in [0.25, 0.3) is 6.08 Å². The van der Waals surface area contributed by atoms with Crippen LogP contribution >= 0.6 is 0 Å². The summed E-state index contributed by atoms with van der Waals surface area (Å²) in [5.74, 6) is -3.00. The minimum Gasteiger partial charge on any atom is -0.508 e. The average Bonchev–Trinajstić information content (AvgIpc) is 3.20. The fraction of sp³-hybridized carbons (Fsp3) is 0.419. The predicted octanol–water partition coefficient (Wildman–Crippen LogP) is 5.15. The molecule has 1 saturated heterocycles. The van der Waals surface area contributed by atoms with E-state index in [0.717, 1.165) is 34.5 Å². The maximum Gasteiger partial charge on any atom is 0.271 e. The van der Waals surface area contributed by atoms with Crippen molar-refractivity contribution in [2.75, 3.05) is 11.5 Å². The number of rotatable bonds is 11. The molecule has 3 N–H and O–H groups in total. The van der Waals surface area contributed by atoms with Gasteiger partial charge in [-0.05, 0) is 61.4 Å². The van der Waals surface area contributed by atoms with Crippen molar-refractivity contribution in [3.8, 4) is 5.75 Å². The lowest BCUT2D eigenvalue weighted by Gasteiger charge is -2.36. The van der Waals surface area contributed by atoms with Gasteiger partial charge in [0.2, 0.25) is 11.8 Å². The molecule has 9 nitrogen and oxygen atoms in total. The lowest BCUT2D eigenvalue weighted by atomic mass is 9.67. The van der Waals surface area contributed by atoms with Crippen molar-refractivity contribution in [1.82, 2.24) is 0 Å². The highest BCUT2D eigenvalue weighted by Crippen LogP contribution is 2.48. The highest BCUT2D eigenvalue weighted by atomic mass is 16.6. The number of nitro benzene ring substituents is 1. The Morgan fingerprint density at radius 2 is 1.88 bits per heavy atom. The molecule has 2 aromatic rings. The van der Waals surface area contributed by atoms with Crippen molar-refractivity contribution in [2.24, 2.45) is 17.8 Å². The molecule has 0 spiro atoms. The van der Waals surface area contributed by atoms with E-state index in [2.05, 4.69) is 0 Å². The van der Waals surface area contributed by atoms with Gasteiger partial charge >= 0.3 is 0 Å². The van der Waals surface area contributed by atoms with Gasteiger partial charge in [-0.15, -0.1) is 0 Å². The monoisotopic (exact) mass is 548 g/mol. The molecule has 2 aromatic carbocycles. The molecule has 0 radical (unpaired) electrons. The zero-order chi connectivity index (χ0) is 29.0. The molecule has 1 fully saturated rings. The molecule has 4 rings (SSSR count). The van der Waals surface area contributed by atoms with E-state index in [0.29, 0.717) is 31.3 Å². The predicted molar refractivity (Wildman–Crippen MR) is 151 cm³/mol. The summed E-state index contributed by atoms with van der Waals surface area (Å²) in [7, 11) is 0. The number of carbonyl (C=O) groups excluding carboxylic acids is 2. The Balaban J connectivity index is 1.61. The molecule has 4 atom stereocenters. The molecule has 0 bridgehead atoms. The number of aromatic hydroxyl groups is 1. The normalized spacial score (nSPS) is 22.1. The van der Waals surface area contributed by atoms with Gasteiger partial charge in [-0.1, -0.05) is 55.7 Å². The molecule has 1 aliphatic heterocycles. The molecule has 0 unspecified atom stereocenters. The molecule has 0 saturated carbocycles. The van der Waals surface area contributed by atoms with E-state index in [1.165, 1.54) is 24.3 Å². The van der Waals surface area contributed by atoms with Crippen LogP contribution in [0.15, 0.2) is 65.3 Å². The molecule has 2 aliphatic rings. The number of hydrogen-bond acceptors (Lipinski definition) is 7. The lowest BCUT2D eigenvalue weighted by molar-refractivity contribution is -0.384. The number of hydrogen-bond donors (Lipinski definition) is 3. The molecule has 9 heteroatoms. The van der Waals surface area contributed by atoms with E-state index >= 15 is 0 Å². The zero-order valence-electron chi connectivity index (χ0n) is 22.8. The largest absolute Gasteiger partial charge is 0.508 e. The van der Waals surface area contributed by atoms with Gasteiger partial charge in [0.25, 0.3) is 5.69 Å². The quantitative estimate of drug-likeness (QED) is 0.153. The van der Waals surface area contributed by atoms with E-state index in [4.69, 9.17) is 0 Å². The van der Waals surface area contributed by atoms with Gasteiger partial charge in [0.05, 0.1) is 35.2 Å². The molecule has 1 aliphatic carbocycles. The standard InChI is InChI=1S/C31H36N2O7/c1-3-6-21-16-25-29(31(38)32(30(25)37)22-7-5-8-23(17-22)33(39)40)26(18-34)28(21)27(36)14-11-19(4-2)15-20-9-12-24(35)13-10-20/h5,7-10,12-13,15,17,25-27,29,34-36H,3-4,6,11,14,16,18H2,1-2H3/b19-15+/t25-,26+,27-,29-/m1/s1. The number of carbonyl (C=O) groups is 2. The van der Waals surface area contributed by atoms with Crippen LogP contribution in [0.3, 0.4) is 0 Å². The van der Waals surface area contributed by atoms with Crippen LogP contribution in [0.5, 0.6) is 5.75 Å². The van der Waals surface area contributed by atoms with Crippen molar-refractivity contribution in [3.05, 3.63) is 80.9 Å². The van der Waals surface area contributed by atoms with Crippen LogP contribution in [0.4, 0.5) is 11.4 Å². The lowest BCUT2D eigenvalue weighted by Crippen LogP contribution is -2.39. The fourth-order valence-corrected chi connectivity index (χ4v) is 6.13. The number of fused-ring (bicyclic) bond motifs is 1. The van der Waals surface area contributed by atoms with Crippen LogP contribution in [-0.4, -0.2) is 44.8 Å². The fourth-order valence-electron chi connectivity index (χ4n) is 6.13. The molecule has 2 amide bonds. The highest BCUT2D eigenvalue weighted by molar-refractivity contribution is 6.22. The SMILES string of the molecule is CCCC1=C([C@H](O)CC/C(=C/c2ccc(O)cc2)CC)[C@H](CO)[C@@H]2C(=O)N(c3cccc([N+](=O)[O-])c3)C(=O)[C@@H]2C1. The van der Waals surface area contributed by atoms with Crippen molar-refractivity contribution in [3.63, 3.8) is 0 Å². The van der Waals surface area contributed by atoms with E-state index in [9.17, 15) is 35.0 Å². The molecule has 212 valence electrons. The number of non-ortho nitro benzene ring substituents is 1. The summed E-state index contributed by atoms with van der Waals surface area (Å²) in [6.45, 7) is 3.64. The minimum atomic E-state index is -0.899. The number of aliphatic hydroxyl groups excluding tert-OH is 2. The second-order valence-electron chi connectivity index (χ2n) is 10.5. The van der Waals surface area contributed by atoms with Gasteiger partial charge < -0.3 is 15.3 Å². The van der Waals surface area contributed by atoms with Gasteiger partial charge in [-0.3, -0.25) is 19.7 Å². The van der Waals surface area contributed by atoms with Gasteiger partial charge in [0, 0.05) is 18.1 Å². The van der Waals surface area contributed by atoms with Crippen LogP contribution < -0.4 is 4.90 Å². The summed E-state index contributed by atoms with van der Waals surface area (Å²) in [5, 5.41) is 42.8. The molecular formula is C31H36N2O7. The first-order valence-electron chi connectivity index (χ1n) is 13.8. The minimum absolute atomic E-state index is 0.140. The smallest absolute Gasteiger partial charge is 0.271 e.